The lowest BCUT2D eigenvalue weighted by atomic mass is 9.74. The lowest BCUT2D eigenvalue weighted by molar-refractivity contribution is -0.120. The number of hydrogen-bond acceptors (Lipinski definition) is 2. The minimum atomic E-state index is 0.134. The average Bonchev–Trinajstić information content (AvgIpc) is 2.33. The lowest BCUT2D eigenvalue weighted by Gasteiger charge is -2.37. The van der Waals surface area contributed by atoms with Gasteiger partial charge in [-0.2, -0.15) is 0 Å². The Morgan fingerprint density at radius 3 is 2.47 bits per heavy atom. The molecule has 1 aliphatic carbocycles. The summed E-state index contributed by atoms with van der Waals surface area (Å²) in [6, 6.07) is 0.508. The van der Waals surface area contributed by atoms with E-state index in [1.54, 1.807) is 0 Å². The molecule has 1 fully saturated rings. The number of hydrogen-bond donors (Lipinski definition) is 2. The molecule has 0 aromatic heterocycles. The highest BCUT2D eigenvalue weighted by Gasteiger charge is 2.30. The maximum Gasteiger partial charge on any atom is 0.233 e. The van der Waals surface area contributed by atoms with Gasteiger partial charge in [-0.1, -0.05) is 41.0 Å². The molecule has 0 saturated heterocycles. The average molecular weight is 268 g/mol. The van der Waals surface area contributed by atoms with Crippen LogP contribution < -0.4 is 10.6 Å². The molecule has 0 heterocycles. The van der Waals surface area contributed by atoms with Gasteiger partial charge in [0, 0.05) is 12.6 Å². The maximum atomic E-state index is 11.8. The van der Waals surface area contributed by atoms with E-state index < -0.39 is 0 Å². The van der Waals surface area contributed by atoms with Gasteiger partial charge >= 0.3 is 0 Å². The first-order chi connectivity index (χ1) is 8.90. The SMILES string of the molecule is CC(C)CNC(=O)CNC1CC(C)CCC1C(C)C. The Labute approximate surface area is 118 Å². The summed E-state index contributed by atoms with van der Waals surface area (Å²) in [6.07, 6.45) is 3.84. The maximum absolute atomic E-state index is 11.8. The monoisotopic (exact) mass is 268 g/mol. The smallest absolute Gasteiger partial charge is 0.233 e. The van der Waals surface area contributed by atoms with Crippen LogP contribution in [-0.4, -0.2) is 25.0 Å². The van der Waals surface area contributed by atoms with E-state index in [1.165, 1.54) is 19.3 Å². The van der Waals surface area contributed by atoms with E-state index in [2.05, 4.69) is 45.3 Å². The minimum Gasteiger partial charge on any atom is -0.355 e. The minimum absolute atomic E-state index is 0.134. The summed E-state index contributed by atoms with van der Waals surface area (Å²) in [5.74, 6) is 2.85. The number of amides is 1. The zero-order valence-electron chi connectivity index (χ0n) is 13.3. The lowest BCUT2D eigenvalue weighted by Crippen LogP contribution is -2.47. The van der Waals surface area contributed by atoms with Crippen molar-refractivity contribution >= 4 is 5.91 Å². The van der Waals surface area contributed by atoms with Gasteiger partial charge in [0.25, 0.3) is 0 Å². The number of nitrogens with one attached hydrogen (secondary N) is 2. The van der Waals surface area contributed by atoms with Crippen LogP contribution in [-0.2, 0) is 4.79 Å². The van der Waals surface area contributed by atoms with Gasteiger partial charge in [0.05, 0.1) is 6.54 Å². The fraction of sp³-hybridized carbons (Fsp3) is 0.938. The Hall–Kier alpha value is -0.570. The largest absolute Gasteiger partial charge is 0.355 e. The van der Waals surface area contributed by atoms with Crippen LogP contribution in [0.5, 0.6) is 0 Å². The molecule has 0 aromatic rings. The standard InChI is InChI=1S/C16H32N2O/c1-11(2)9-18-16(19)10-17-15-8-13(5)6-7-14(15)12(3)4/h11-15,17H,6-10H2,1-5H3,(H,18,19). The molecule has 1 rings (SSSR count). The van der Waals surface area contributed by atoms with Crippen molar-refractivity contribution in [2.75, 3.05) is 13.1 Å². The van der Waals surface area contributed by atoms with Crippen molar-refractivity contribution in [1.82, 2.24) is 10.6 Å². The fourth-order valence-electron chi connectivity index (χ4n) is 3.04. The van der Waals surface area contributed by atoms with Gasteiger partial charge in [0.2, 0.25) is 5.91 Å². The second-order valence-corrected chi connectivity index (χ2v) is 7.01. The van der Waals surface area contributed by atoms with E-state index in [9.17, 15) is 4.79 Å². The highest BCUT2D eigenvalue weighted by atomic mass is 16.1. The number of carbonyl (C=O) groups is 1. The molecule has 0 spiro atoms. The molecule has 112 valence electrons. The Kier molecular flexibility index (Phi) is 6.84. The quantitative estimate of drug-likeness (QED) is 0.778. The second-order valence-electron chi connectivity index (χ2n) is 7.01. The molecule has 0 aromatic carbocycles. The van der Waals surface area contributed by atoms with E-state index >= 15 is 0 Å². The first kappa shape index (κ1) is 16.5. The van der Waals surface area contributed by atoms with Crippen molar-refractivity contribution in [2.24, 2.45) is 23.7 Å². The van der Waals surface area contributed by atoms with Crippen LogP contribution in [0.15, 0.2) is 0 Å². The summed E-state index contributed by atoms with van der Waals surface area (Å²) in [7, 11) is 0. The van der Waals surface area contributed by atoms with Crippen molar-refractivity contribution in [3.8, 4) is 0 Å². The van der Waals surface area contributed by atoms with E-state index in [4.69, 9.17) is 0 Å². The molecule has 1 saturated carbocycles. The fourth-order valence-corrected chi connectivity index (χ4v) is 3.04. The topological polar surface area (TPSA) is 41.1 Å². The predicted octanol–water partition coefficient (Wildman–Crippen LogP) is 2.81. The Morgan fingerprint density at radius 1 is 1.21 bits per heavy atom. The molecule has 3 unspecified atom stereocenters. The zero-order valence-corrected chi connectivity index (χ0v) is 13.3. The third-order valence-electron chi connectivity index (χ3n) is 4.25. The van der Waals surface area contributed by atoms with E-state index in [0.29, 0.717) is 30.3 Å². The van der Waals surface area contributed by atoms with Gasteiger partial charge in [-0.05, 0) is 36.5 Å². The van der Waals surface area contributed by atoms with Crippen LogP contribution in [0.1, 0.15) is 53.9 Å². The second kappa shape index (κ2) is 7.88. The molecule has 2 N–H and O–H groups in total. The summed E-state index contributed by atoms with van der Waals surface area (Å²) >= 11 is 0. The van der Waals surface area contributed by atoms with Crippen LogP contribution in [0.2, 0.25) is 0 Å². The summed E-state index contributed by atoms with van der Waals surface area (Å²) in [5, 5.41) is 6.47. The number of rotatable bonds is 6. The van der Waals surface area contributed by atoms with Gasteiger partial charge in [0.1, 0.15) is 0 Å². The molecular weight excluding hydrogens is 236 g/mol. The van der Waals surface area contributed by atoms with Gasteiger partial charge < -0.3 is 10.6 Å². The number of carbonyl (C=O) groups excluding carboxylic acids is 1. The first-order valence-corrected chi connectivity index (χ1v) is 7.90. The predicted molar refractivity (Wildman–Crippen MR) is 81.0 cm³/mol. The van der Waals surface area contributed by atoms with Crippen molar-refractivity contribution in [3.63, 3.8) is 0 Å². The van der Waals surface area contributed by atoms with Gasteiger partial charge in [-0.3, -0.25) is 4.79 Å². The van der Waals surface area contributed by atoms with Crippen LogP contribution in [0.25, 0.3) is 0 Å². The molecule has 3 heteroatoms. The molecule has 0 radical (unpaired) electrons. The van der Waals surface area contributed by atoms with Crippen LogP contribution in [0.3, 0.4) is 0 Å². The summed E-state index contributed by atoms with van der Waals surface area (Å²) in [4.78, 5) is 11.8. The summed E-state index contributed by atoms with van der Waals surface area (Å²) in [5.41, 5.74) is 0. The molecular formula is C16H32N2O. The molecule has 19 heavy (non-hydrogen) atoms. The van der Waals surface area contributed by atoms with E-state index in [-0.39, 0.29) is 5.91 Å². The summed E-state index contributed by atoms with van der Waals surface area (Å²) < 4.78 is 0. The highest BCUT2D eigenvalue weighted by Crippen LogP contribution is 2.33. The third kappa shape index (κ3) is 5.94. The van der Waals surface area contributed by atoms with E-state index in [0.717, 1.165) is 12.5 Å². The zero-order chi connectivity index (χ0) is 14.4. The van der Waals surface area contributed by atoms with Crippen molar-refractivity contribution in [2.45, 2.75) is 59.9 Å². The van der Waals surface area contributed by atoms with Gasteiger partial charge in [-0.25, -0.2) is 0 Å². The van der Waals surface area contributed by atoms with E-state index in [1.807, 2.05) is 0 Å². The Morgan fingerprint density at radius 2 is 1.89 bits per heavy atom. The Bertz CT molecular complexity index is 276. The molecule has 1 amide bonds. The van der Waals surface area contributed by atoms with Crippen LogP contribution >= 0.6 is 0 Å². The third-order valence-corrected chi connectivity index (χ3v) is 4.25. The first-order valence-electron chi connectivity index (χ1n) is 7.90. The summed E-state index contributed by atoms with van der Waals surface area (Å²) in [6.45, 7) is 12.4. The normalized spacial score (nSPS) is 27.8. The Balaban J connectivity index is 2.37. The van der Waals surface area contributed by atoms with Crippen molar-refractivity contribution in [3.05, 3.63) is 0 Å². The van der Waals surface area contributed by atoms with Gasteiger partial charge in [0.15, 0.2) is 0 Å². The molecule has 1 aliphatic rings. The van der Waals surface area contributed by atoms with Gasteiger partial charge in [-0.15, -0.1) is 0 Å². The molecule has 3 atom stereocenters. The van der Waals surface area contributed by atoms with Crippen LogP contribution in [0, 0.1) is 23.7 Å². The van der Waals surface area contributed by atoms with Crippen molar-refractivity contribution < 1.29 is 4.79 Å². The van der Waals surface area contributed by atoms with Crippen molar-refractivity contribution in [1.29, 1.82) is 0 Å². The molecule has 3 nitrogen and oxygen atoms in total. The molecule has 0 aliphatic heterocycles. The van der Waals surface area contributed by atoms with Crippen LogP contribution in [0.4, 0.5) is 0 Å². The molecule has 0 bridgehead atoms. The highest BCUT2D eigenvalue weighted by molar-refractivity contribution is 5.78.